The first kappa shape index (κ1) is 11.9. The van der Waals surface area contributed by atoms with E-state index in [1.165, 1.54) is 0 Å². The molecule has 0 fully saturated rings. The normalized spacial score (nSPS) is 10.1. The standard InChI is InChI=1S/C14H12N2O2/c1-8-12(9(2)16-13(8)14(17)18)11-5-3-10(7-15)4-6-11/h3-6,16H,1-2H3,(H,17,18). The predicted octanol–water partition coefficient (Wildman–Crippen LogP) is 2.87. The van der Waals surface area contributed by atoms with Gasteiger partial charge in [0.05, 0.1) is 11.6 Å². The number of hydrogen-bond donors (Lipinski definition) is 2. The van der Waals surface area contributed by atoms with E-state index < -0.39 is 5.97 Å². The number of aromatic nitrogens is 1. The predicted molar refractivity (Wildman–Crippen MR) is 67.4 cm³/mol. The molecule has 0 aliphatic rings. The number of carboxylic acids is 1. The molecule has 2 aromatic rings. The largest absolute Gasteiger partial charge is 0.477 e. The highest BCUT2D eigenvalue weighted by atomic mass is 16.4. The minimum Gasteiger partial charge on any atom is -0.477 e. The summed E-state index contributed by atoms with van der Waals surface area (Å²) < 4.78 is 0. The molecule has 0 atom stereocenters. The minimum absolute atomic E-state index is 0.215. The van der Waals surface area contributed by atoms with E-state index in [9.17, 15) is 4.79 Å². The molecule has 0 radical (unpaired) electrons. The lowest BCUT2D eigenvalue weighted by Crippen LogP contribution is -1.98. The van der Waals surface area contributed by atoms with Crippen LogP contribution in [0.15, 0.2) is 24.3 Å². The molecule has 0 unspecified atom stereocenters. The number of carboxylic acid groups (broad SMARTS) is 1. The van der Waals surface area contributed by atoms with Gasteiger partial charge in [-0.1, -0.05) is 12.1 Å². The van der Waals surface area contributed by atoms with Crippen LogP contribution in [0.25, 0.3) is 11.1 Å². The van der Waals surface area contributed by atoms with Crippen molar-refractivity contribution in [2.45, 2.75) is 13.8 Å². The van der Waals surface area contributed by atoms with Crippen LogP contribution in [0.2, 0.25) is 0 Å². The summed E-state index contributed by atoms with van der Waals surface area (Å²) in [4.78, 5) is 13.9. The van der Waals surface area contributed by atoms with Gasteiger partial charge in [-0.3, -0.25) is 0 Å². The summed E-state index contributed by atoms with van der Waals surface area (Å²) in [6.07, 6.45) is 0. The second-order valence-electron chi connectivity index (χ2n) is 4.12. The molecule has 4 heteroatoms. The zero-order chi connectivity index (χ0) is 13.3. The molecule has 18 heavy (non-hydrogen) atoms. The molecule has 2 rings (SSSR count). The van der Waals surface area contributed by atoms with E-state index in [-0.39, 0.29) is 5.69 Å². The van der Waals surface area contributed by atoms with E-state index in [2.05, 4.69) is 11.1 Å². The van der Waals surface area contributed by atoms with Gasteiger partial charge in [-0.2, -0.15) is 5.26 Å². The Morgan fingerprint density at radius 3 is 2.33 bits per heavy atom. The molecule has 1 aromatic heterocycles. The number of nitrogens with one attached hydrogen (secondary N) is 1. The van der Waals surface area contributed by atoms with Gasteiger partial charge in [0.1, 0.15) is 5.69 Å². The molecule has 90 valence electrons. The van der Waals surface area contributed by atoms with Crippen LogP contribution in [0, 0.1) is 25.2 Å². The molecule has 0 aliphatic carbocycles. The van der Waals surface area contributed by atoms with Gasteiger partial charge in [0.2, 0.25) is 0 Å². The third kappa shape index (κ3) is 1.87. The van der Waals surface area contributed by atoms with Crippen LogP contribution in [0.3, 0.4) is 0 Å². The lowest BCUT2D eigenvalue weighted by Gasteiger charge is -2.02. The van der Waals surface area contributed by atoms with Crippen LogP contribution in [0.5, 0.6) is 0 Å². The molecule has 0 amide bonds. The number of nitrogens with zero attached hydrogens (tertiary/aromatic N) is 1. The quantitative estimate of drug-likeness (QED) is 0.847. The van der Waals surface area contributed by atoms with Gasteiger partial charge in [0.15, 0.2) is 0 Å². The van der Waals surface area contributed by atoms with Crippen LogP contribution in [0.4, 0.5) is 0 Å². The van der Waals surface area contributed by atoms with E-state index in [1.807, 2.05) is 19.1 Å². The van der Waals surface area contributed by atoms with E-state index in [1.54, 1.807) is 19.1 Å². The molecule has 1 aromatic carbocycles. The minimum atomic E-state index is -0.963. The third-order valence-electron chi connectivity index (χ3n) is 2.95. The van der Waals surface area contributed by atoms with Crippen LogP contribution < -0.4 is 0 Å². The molecule has 0 spiro atoms. The lowest BCUT2D eigenvalue weighted by atomic mass is 10.0. The summed E-state index contributed by atoms with van der Waals surface area (Å²) in [6, 6.07) is 9.16. The highest BCUT2D eigenvalue weighted by molar-refractivity contribution is 5.91. The molecule has 0 aliphatic heterocycles. The first-order valence-electron chi connectivity index (χ1n) is 5.47. The number of nitriles is 1. The maximum Gasteiger partial charge on any atom is 0.352 e. The number of carbonyl (C=O) groups is 1. The number of aromatic amines is 1. The molecular formula is C14H12N2O2. The Morgan fingerprint density at radius 1 is 1.28 bits per heavy atom. The van der Waals surface area contributed by atoms with Crippen molar-refractivity contribution in [3.63, 3.8) is 0 Å². The Hall–Kier alpha value is -2.54. The maximum absolute atomic E-state index is 11.0. The molecular weight excluding hydrogens is 228 g/mol. The first-order valence-corrected chi connectivity index (χ1v) is 5.47. The van der Waals surface area contributed by atoms with Crippen LogP contribution >= 0.6 is 0 Å². The van der Waals surface area contributed by atoms with E-state index in [4.69, 9.17) is 10.4 Å². The van der Waals surface area contributed by atoms with Crippen molar-refractivity contribution in [2.24, 2.45) is 0 Å². The van der Waals surface area contributed by atoms with E-state index in [0.29, 0.717) is 11.1 Å². The summed E-state index contributed by atoms with van der Waals surface area (Å²) in [6.45, 7) is 3.62. The van der Waals surface area contributed by atoms with Crippen LogP contribution in [-0.2, 0) is 0 Å². The van der Waals surface area contributed by atoms with Gasteiger partial charge in [-0.25, -0.2) is 4.79 Å². The number of rotatable bonds is 2. The zero-order valence-corrected chi connectivity index (χ0v) is 10.1. The monoisotopic (exact) mass is 240 g/mol. The van der Waals surface area contributed by atoms with Crippen molar-refractivity contribution in [2.75, 3.05) is 0 Å². The zero-order valence-electron chi connectivity index (χ0n) is 10.1. The first-order chi connectivity index (χ1) is 8.54. The number of hydrogen-bond acceptors (Lipinski definition) is 2. The van der Waals surface area contributed by atoms with Crippen molar-refractivity contribution >= 4 is 5.97 Å². The third-order valence-corrected chi connectivity index (χ3v) is 2.95. The Bertz CT molecular complexity index is 646. The fourth-order valence-corrected chi connectivity index (χ4v) is 2.11. The molecule has 0 saturated carbocycles. The van der Waals surface area contributed by atoms with Gasteiger partial charge in [0.25, 0.3) is 0 Å². The van der Waals surface area contributed by atoms with Crippen LogP contribution in [0.1, 0.15) is 27.3 Å². The molecule has 2 N–H and O–H groups in total. The van der Waals surface area contributed by atoms with Crippen molar-refractivity contribution in [1.29, 1.82) is 5.26 Å². The Morgan fingerprint density at radius 2 is 1.89 bits per heavy atom. The van der Waals surface area contributed by atoms with Gasteiger partial charge in [0, 0.05) is 11.3 Å². The van der Waals surface area contributed by atoms with E-state index >= 15 is 0 Å². The van der Waals surface area contributed by atoms with Crippen LogP contribution in [-0.4, -0.2) is 16.1 Å². The van der Waals surface area contributed by atoms with Gasteiger partial charge < -0.3 is 10.1 Å². The van der Waals surface area contributed by atoms with Crippen molar-refractivity contribution in [3.05, 3.63) is 46.8 Å². The second-order valence-corrected chi connectivity index (χ2v) is 4.12. The lowest BCUT2D eigenvalue weighted by molar-refractivity contribution is 0.0690. The van der Waals surface area contributed by atoms with Gasteiger partial charge >= 0.3 is 5.97 Å². The molecule has 1 heterocycles. The maximum atomic E-state index is 11.0. The topological polar surface area (TPSA) is 76.9 Å². The average molecular weight is 240 g/mol. The number of aryl methyl sites for hydroxylation is 1. The Balaban J connectivity index is 2.57. The average Bonchev–Trinajstić information content (AvgIpc) is 2.65. The number of H-pyrrole nitrogens is 1. The fourth-order valence-electron chi connectivity index (χ4n) is 2.11. The molecule has 4 nitrogen and oxygen atoms in total. The Labute approximate surface area is 105 Å². The fraction of sp³-hybridized carbons (Fsp3) is 0.143. The molecule has 0 bridgehead atoms. The highest BCUT2D eigenvalue weighted by Gasteiger charge is 2.17. The number of aromatic carboxylic acids is 1. The number of benzene rings is 1. The summed E-state index contributed by atoms with van der Waals surface area (Å²) >= 11 is 0. The summed E-state index contributed by atoms with van der Waals surface area (Å²) in [7, 11) is 0. The van der Waals surface area contributed by atoms with Gasteiger partial charge in [-0.05, 0) is 37.1 Å². The SMILES string of the molecule is Cc1[nH]c(C(=O)O)c(C)c1-c1ccc(C#N)cc1. The Kier molecular flexibility index (Phi) is 2.90. The summed E-state index contributed by atoms with van der Waals surface area (Å²) in [5.74, 6) is -0.963. The highest BCUT2D eigenvalue weighted by Crippen LogP contribution is 2.29. The summed E-state index contributed by atoms with van der Waals surface area (Å²) in [5, 5.41) is 17.8. The van der Waals surface area contributed by atoms with Crippen molar-refractivity contribution in [1.82, 2.24) is 4.98 Å². The smallest absolute Gasteiger partial charge is 0.352 e. The van der Waals surface area contributed by atoms with E-state index in [0.717, 1.165) is 16.8 Å². The summed E-state index contributed by atoms with van der Waals surface area (Å²) in [5.41, 5.74) is 4.12. The van der Waals surface area contributed by atoms with Gasteiger partial charge in [-0.15, -0.1) is 0 Å². The molecule has 0 saturated heterocycles. The van der Waals surface area contributed by atoms with Crippen molar-refractivity contribution < 1.29 is 9.90 Å². The van der Waals surface area contributed by atoms with Crippen molar-refractivity contribution in [3.8, 4) is 17.2 Å². The second kappa shape index (κ2) is 4.38.